The first kappa shape index (κ1) is 15.4. The number of nitrogens with one attached hydrogen (secondary N) is 1. The molecule has 2 aliphatic rings. The summed E-state index contributed by atoms with van der Waals surface area (Å²) in [6, 6.07) is 11.5. The zero-order valence-corrected chi connectivity index (χ0v) is 14.1. The summed E-state index contributed by atoms with van der Waals surface area (Å²) in [5.74, 6) is 0.722. The van der Waals surface area contributed by atoms with Crippen molar-refractivity contribution in [2.75, 3.05) is 18.0 Å². The van der Waals surface area contributed by atoms with Crippen LogP contribution in [0.3, 0.4) is 0 Å². The number of aromatic nitrogens is 1. The molecule has 0 bridgehead atoms. The maximum absolute atomic E-state index is 4.46. The molecule has 1 saturated carbocycles. The average Bonchev–Trinajstić information content (AvgIpc) is 3.49. The van der Waals surface area contributed by atoms with Crippen molar-refractivity contribution in [2.45, 2.75) is 37.6 Å². The lowest BCUT2D eigenvalue weighted by Crippen LogP contribution is -2.41. The summed E-state index contributed by atoms with van der Waals surface area (Å²) < 4.78 is 0. The summed E-state index contributed by atoms with van der Waals surface area (Å²) in [4.78, 5) is 6.99. The number of pyridine rings is 1. The average molecular weight is 319 g/mol. The second kappa shape index (κ2) is 6.78. The fraction of sp³-hybridized carbons (Fsp3) is 0.381. The Morgan fingerprint density at radius 3 is 2.46 bits per heavy atom. The highest BCUT2D eigenvalue weighted by Crippen LogP contribution is 2.46. The fourth-order valence-corrected chi connectivity index (χ4v) is 3.72. The van der Waals surface area contributed by atoms with Crippen molar-refractivity contribution in [2.24, 2.45) is 0 Å². The zero-order valence-electron chi connectivity index (χ0n) is 14.1. The number of hydrogen-bond donors (Lipinski definition) is 1. The third-order valence-electron chi connectivity index (χ3n) is 5.19. The maximum atomic E-state index is 4.46. The van der Waals surface area contributed by atoms with Gasteiger partial charge in [0.25, 0.3) is 0 Å². The quantitative estimate of drug-likeness (QED) is 0.880. The van der Waals surface area contributed by atoms with Crippen molar-refractivity contribution in [1.82, 2.24) is 10.3 Å². The SMILES string of the molecule is C=Cc1ccc(N(c2cnccc2C2CC2)C2CCNCC2)cc1. The maximum Gasteiger partial charge on any atom is 0.0635 e. The van der Waals surface area contributed by atoms with Crippen molar-refractivity contribution in [1.29, 1.82) is 0 Å². The van der Waals surface area contributed by atoms with Crippen LogP contribution in [0.1, 0.15) is 42.7 Å². The molecule has 0 amide bonds. The van der Waals surface area contributed by atoms with Crippen molar-refractivity contribution in [3.05, 3.63) is 60.4 Å². The van der Waals surface area contributed by atoms with Crippen molar-refractivity contribution in [3.8, 4) is 0 Å². The third kappa shape index (κ3) is 3.09. The van der Waals surface area contributed by atoms with Gasteiger partial charge in [-0.3, -0.25) is 4.98 Å². The molecule has 1 aromatic heterocycles. The van der Waals surface area contributed by atoms with Crippen LogP contribution in [0.15, 0.2) is 49.3 Å². The van der Waals surface area contributed by atoms with Crippen LogP contribution in [0.2, 0.25) is 0 Å². The Kier molecular flexibility index (Phi) is 4.35. The van der Waals surface area contributed by atoms with Crippen LogP contribution in [0, 0.1) is 0 Å². The van der Waals surface area contributed by atoms with Gasteiger partial charge in [0.1, 0.15) is 0 Å². The molecule has 0 atom stereocenters. The first-order valence-electron chi connectivity index (χ1n) is 9.03. The molecule has 0 spiro atoms. The molecule has 3 nitrogen and oxygen atoms in total. The number of hydrogen-bond acceptors (Lipinski definition) is 3. The van der Waals surface area contributed by atoms with Gasteiger partial charge in [0.2, 0.25) is 0 Å². The van der Waals surface area contributed by atoms with Gasteiger partial charge in [-0.15, -0.1) is 0 Å². The molecule has 1 aliphatic carbocycles. The molecule has 1 saturated heterocycles. The predicted octanol–water partition coefficient (Wildman–Crippen LogP) is 4.49. The van der Waals surface area contributed by atoms with E-state index in [0.717, 1.165) is 24.6 Å². The number of rotatable bonds is 5. The molecular formula is C21H25N3. The molecule has 124 valence electrons. The van der Waals surface area contributed by atoms with Crippen LogP contribution in [-0.4, -0.2) is 24.1 Å². The lowest BCUT2D eigenvalue weighted by atomic mass is 10.0. The highest BCUT2D eigenvalue weighted by molar-refractivity contribution is 5.69. The van der Waals surface area contributed by atoms with Crippen molar-refractivity contribution in [3.63, 3.8) is 0 Å². The second-order valence-electron chi connectivity index (χ2n) is 6.86. The first-order valence-corrected chi connectivity index (χ1v) is 9.03. The van der Waals surface area contributed by atoms with Crippen LogP contribution >= 0.6 is 0 Å². The Bertz CT molecular complexity index is 697. The minimum atomic E-state index is 0.530. The van der Waals surface area contributed by atoms with Gasteiger partial charge >= 0.3 is 0 Å². The Morgan fingerprint density at radius 1 is 1.04 bits per heavy atom. The van der Waals surface area contributed by atoms with E-state index in [1.807, 2.05) is 12.3 Å². The van der Waals surface area contributed by atoms with Gasteiger partial charge in [-0.2, -0.15) is 0 Å². The van der Waals surface area contributed by atoms with Crippen LogP contribution < -0.4 is 10.2 Å². The molecule has 2 fully saturated rings. The molecule has 1 aliphatic heterocycles. The van der Waals surface area contributed by atoms with E-state index in [1.54, 1.807) is 0 Å². The first-order chi connectivity index (χ1) is 11.9. The largest absolute Gasteiger partial charge is 0.337 e. The van der Waals surface area contributed by atoms with Gasteiger partial charge in [-0.25, -0.2) is 0 Å². The summed E-state index contributed by atoms with van der Waals surface area (Å²) in [5, 5.41) is 3.48. The van der Waals surface area contributed by atoms with Crippen LogP contribution in [-0.2, 0) is 0 Å². The Balaban J connectivity index is 1.76. The van der Waals surface area contributed by atoms with E-state index in [-0.39, 0.29) is 0 Å². The molecule has 24 heavy (non-hydrogen) atoms. The van der Waals surface area contributed by atoms with Crippen molar-refractivity contribution < 1.29 is 0 Å². The number of anilines is 2. The predicted molar refractivity (Wildman–Crippen MR) is 101 cm³/mol. The number of nitrogens with zero attached hydrogens (tertiary/aromatic N) is 2. The van der Waals surface area contributed by atoms with Crippen LogP contribution in [0.4, 0.5) is 11.4 Å². The highest BCUT2D eigenvalue weighted by Gasteiger charge is 2.31. The second-order valence-corrected chi connectivity index (χ2v) is 6.86. The van der Waals surface area contributed by atoms with Gasteiger partial charge in [0.05, 0.1) is 11.9 Å². The van der Waals surface area contributed by atoms with E-state index in [0.29, 0.717) is 6.04 Å². The lowest BCUT2D eigenvalue weighted by molar-refractivity contribution is 0.451. The number of benzene rings is 1. The van der Waals surface area contributed by atoms with Gasteiger partial charge in [-0.1, -0.05) is 24.8 Å². The molecule has 4 rings (SSSR count). The molecule has 1 aromatic carbocycles. The van der Waals surface area contributed by atoms with Gasteiger partial charge in [-0.05, 0) is 74.0 Å². The van der Waals surface area contributed by atoms with Gasteiger partial charge < -0.3 is 10.2 Å². The number of piperidine rings is 1. The van der Waals surface area contributed by atoms with Gasteiger partial charge in [0.15, 0.2) is 0 Å². The van der Waals surface area contributed by atoms with E-state index in [9.17, 15) is 0 Å². The minimum Gasteiger partial charge on any atom is -0.337 e. The lowest BCUT2D eigenvalue weighted by Gasteiger charge is -2.37. The van der Waals surface area contributed by atoms with Gasteiger partial charge in [0, 0.05) is 17.9 Å². The summed E-state index contributed by atoms with van der Waals surface area (Å²) in [5.41, 5.74) is 5.20. The molecule has 3 heteroatoms. The topological polar surface area (TPSA) is 28.2 Å². The van der Waals surface area contributed by atoms with E-state index in [4.69, 9.17) is 0 Å². The van der Waals surface area contributed by atoms with Crippen LogP contribution in [0.5, 0.6) is 0 Å². The van der Waals surface area contributed by atoms with E-state index in [2.05, 4.69) is 58.3 Å². The summed E-state index contributed by atoms with van der Waals surface area (Å²) in [6.07, 6.45) is 10.9. The fourth-order valence-electron chi connectivity index (χ4n) is 3.72. The zero-order chi connectivity index (χ0) is 16.4. The Morgan fingerprint density at radius 2 is 1.79 bits per heavy atom. The standard InChI is InChI=1S/C21H25N3/c1-2-16-3-7-18(8-4-16)24(19-9-12-22-13-10-19)21-15-23-14-11-20(21)17-5-6-17/h2-4,7-8,11,14-15,17,19,22H,1,5-6,9-10,12-13H2. The summed E-state index contributed by atoms with van der Waals surface area (Å²) in [7, 11) is 0. The highest BCUT2D eigenvalue weighted by atomic mass is 15.2. The summed E-state index contributed by atoms with van der Waals surface area (Å²) in [6.45, 7) is 6.04. The molecule has 0 radical (unpaired) electrons. The monoisotopic (exact) mass is 319 g/mol. The third-order valence-corrected chi connectivity index (χ3v) is 5.19. The normalized spacial score (nSPS) is 18.3. The van der Waals surface area contributed by atoms with E-state index < -0.39 is 0 Å². The smallest absolute Gasteiger partial charge is 0.0635 e. The molecule has 2 aromatic rings. The molecule has 1 N–H and O–H groups in total. The van der Waals surface area contributed by atoms with E-state index >= 15 is 0 Å². The Labute approximate surface area is 144 Å². The Hall–Kier alpha value is -2.13. The van der Waals surface area contributed by atoms with Crippen LogP contribution in [0.25, 0.3) is 6.08 Å². The molecule has 0 unspecified atom stereocenters. The van der Waals surface area contributed by atoms with E-state index in [1.165, 1.54) is 42.6 Å². The van der Waals surface area contributed by atoms with Crippen molar-refractivity contribution >= 4 is 17.5 Å². The molecular weight excluding hydrogens is 294 g/mol. The minimum absolute atomic E-state index is 0.530. The molecule has 2 heterocycles. The summed E-state index contributed by atoms with van der Waals surface area (Å²) >= 11 is 0.